The van der Waals surface area contributed by atoms with Crippen LogP contribution in [0.5, 0.6) is 11.5 Å². The number of benzene rings is 1. The van der Waals surface area contributed by atoms with E-state index in [0.717, 1.165) is 51.0 Å². The number of ether oxygens (including phenoxy) is 3. The van der Waals surface area contributed by atoms with Crippen LogP contribution in [-0.2, 0) is 4.74 Å². The van der Waals surface area contributed by atoms with Gasteiger partial charge in [0, 0.05) is 37.4 Å². The number of aromatic nitrogens is 1. The van der Waals surface area contributed by atoms with E-state index in [4.69, 9.17) is 18.7 Å². The lowest BCUT2D eigenvalue weighted by Gasteiger charge is -2.33. The van der Waals surface area contributed by atoms with Crippen molar-refractivity contribution in [3.63, 3.8) is 0 Å². The summed E-state index contributed by atoms with van der Waals surface area (Å²) in [4.78, 5) is 15.0. The minimum atomic E-state index is -0.0419. The van der Waals surface area contributed by atoms with Crippen molar-refractivity contribution in [1.29, 1.82) is 0 Å². The number of nitrogens with zero attached hydrogens (tertiary/aromatic N) is 2. The van der Waals surface area contributed by atoms with Crippen LogP contribution in [0.3, 0.4) is 0 Å². The first-order valence-electron chi connectivity index (χ1n) is 9.55. The molecule has 2 aromatic rings. The SMILES string of the molecule is O=C(c1cc(-c2ccc3c(c2)OCO3)on1)N1CCCC1C1CCOCC1. The largest absolute Gasteiger partial charge is 0.454 e. The molecule has 1 atom stereocenters. The Balaban J connectivity index is 1.35. The molecule has 0 bridgehead atoms. The zero-order valence-electron chi connectivity index (χ0n) is 15.1. The minimum absolute atomic E-state index is 0.0419. The van der Waals surface area contributed by atoms with E-state index in [1.54, 1.807) is 6.07 Å². The quantitative estimate of drug-likeness (QED) is 0.827. The van der Waals surface area contributed by atoms with Crippen LogP contribution in [0.1, 0.15) is 36.2 Å². The van der Waals surface area contributed by atoms with Gasteiger partial charge in [0.05, 0.1) is 0 Å². The second-order valence-electron chi connectivity index (χ2n) is 7.30. The summed E-state index contributed by atoms with van der Waals surface area (Å²) in [5, 5.41) is 4.05. The lowest BCUT2D eigenvalue weighted by atomic mass is 9.90. The van der Waals surface area contributed by atoms with Crippen molar-refractivity contribution in [3.05, 3.63) is 30.0 Å². The molecule has 0 N–H and O–H groups in total. The molecule has 1 amide bonds. The molecule has 0 aliphatic carbocycles. The second-order valence-corrected chi connectivity index (χ2v) is 7.30. The summed E-state index contributed by atoms with van der Waals surface area (Å²) in [5.74, 6) is 2.42. The number of fused-ring (bicyclic) bond motifs is 1. The van der Waals surface area contributed by atoms with Crippen molar-refractivity contribution < 1.29 is 23.5 Å². The van der Waals surface area contributed by atoms with Gasteiger partial charge >= 0.3 is 0 Å². The van der Waals surface area contributed by atoms with Gasteiger partial charge in [0.15, 0.2) is 23.0 Å². The molecular formula is C20H22N2O5. The van der Waals surface area contributed by atoms with Gasteiger partial charge in [-0.2, -0.15) is 0 Å². The highest BCUT2D eigenvalue weighted by molar-refractivity contribution is 5.93. The van der Waals surface area contributed by atoms with Gasteiger partial charge in [0.2, 0.25) is 6.79 Å². The lowest BCUT2D eigenvalue weighted by Crippen LogP contribution is -2.42. The number of rotatable bonds is 3. The fourth-order valence-electron chi connectivity index (χ4n) is 4.34. The normalized spacial score (nSPS) is 22.4. The molecule has 0 radical (unpaired) electrons. The zero-order chi connectivity index (χ0) is 18.2. The van der Waals surface area contributed by atoms with Crippen LogP contribution >= 0.6 is 0 Å². The molecule has 4 heterocycles. The Morgan fingerprint density at radius 1 is 1.07 bits per heavy atom. The van der Waals surface area contributed by atoms with Crippen molar-refractivity contribution in [3.8, 4) is 22.8 Å². The number of hydrogen-bond acceptors (Lipinski definition) is 6. The average Bonchev–Trinajstić information content (AvgIpc) is 3.47. The molecule has 5 rings (SSSR count). The maximum absolute atomic E-state index is 13.1. The van der Waals surface area contributed by atoms with E-state index in [9.17, 15) is 4.79 Å². The third-order valence-corrected chi connectivity index (χ3v) is 5.76. The summed E-state index contributed by atoms with van der Waals surface area (Å²) >= 11 is 0. The number of likely N-dealkylation sites (tertiary alicyclic amines) is 1. The Morgan fingerprint density at radius 3 is 2.81 bits per heavy atom. The lowest BCUT2D eigenvalue weighted by molar-refractivity contribution is 0.0319. The number of carbonyl (C=O) groups is 1. The summed E-state index contributed by atoms with van der Waals surface area (Å²) in [6.07, 6.45) is 4.15. The van der Waals surface area contributed by atoms with Crippen molar-refractivity contribution in [2.45, 2.75) is 31.7 Å². The van der Waals surface area contributed by atoms with E-state index in [1.807, 2.05) is 23.1 Å². The Morgan fingerprint density at radius 2 is 1.93 bits per heavy atom. The van der Waals surface area contributed by atoms with E-state index in [-0.39, 0.29) is 18.7 Å². The van der Waals surface area contributed by atoms with E-state index in [0.29, 0.717) is 28.9 Å². The first-order chi connectivity index (χ1) is 13.3. The smallest absolute Gasteiger partial charge is 0.276 e. The molecular weight excluding hydrogens is 348 g/mol. The highest BCUT2D eigenvalue weighted by atomic mass is 16.7. The summed E-state index contributed by atoms with van der Waals surface area (Å²) in [6.45, 7) is 2.59. The van der Waals surface area contributed by atoms with Gasteiger partial charge in [-0.1, -0.05) is 5.16 Å². The topological polar surface area (TPSA) is 74.0 Å². The standard InChI is InChI=1S/C20H22N2O5/c23-20(22-7-1-2-16(22)13-5-8-24-9-6-13)15-11-18(27-21-15)14-3-4-17-19(10-14)26-12-25-17/h3-4,10-11,13,16H,1-2,5-9,12H2. The van der Waals surface area contributed by atoms with E-state index < -0.39 is 0 Å². The fraction of sp³-hybridized carbons (Fsp3) is 0.500. The van der Waals surface area contributed by atoms with Crippen LogP contribution in [0.15, 0.2) is 28.8 Å². The molecule has 2 saturated heterocycles. The summed E-state index contributed by atoms with van der Waals surface area (Å²) < 4.78 is 21.7. The Labute approximate surface area is 157 Å². The predicted molar refractivity (Wildman–Crippen MR) is 95.7 cm³/mol. The molecule has 1 aromatic heterocycles. The van der Waals surface area contributed by atoms with Crippen LogP contribution in [-0.4, -0.2) is 48.6 Å². The minimum Gasteiger partial charge on any atom is -0.454 e. The molecule has 3 aliphatic heterocycles. The van der Waals surface area contributed by atoms with Crippen molar-refractivity contribution in [1.82, 2.24) is 10.1 Å². The van der Waals surface area contributed by atoms with Crippen molar-refractivity contribution >= 4 is 5.91 Å². The molecule has 27 heavy (non-hydrogen) atoms. The number of amides is 1. The molecule has 2 fully saturated rings. The molecule has 1 aromatic carbocycles. The third-order valence-electron chi connectivity index (χ3n) is 5.76. The predicted octanol–water partition coefficient (Wildman–Crippen LogP) is 3.10. The van der Waals surface area contributed by atoms with Crippen LogP contribution in [0.25, 0.3) is 11.3 Å². The molecule has 7 heteroatoms. The first kappa shape index (κ1) is 16.6. The van der Waals surface area contributed by atoms with Crippen molar-refractivity contribution in [2.24, 2.45) is 5.92 Å². The monoisotopic (exact) mass is 370 g/mol. The molecule has 7 nitrogen and oxygen atoms in total. The van der Waals surface area contributed by atoms with Gasteiger partial charge in [-0.3, -0.25) is 4.79 Å². The highest BCUT2D eigenvalue weighted by Crippen LogP contribution is 2.36. The van der Waals surface area contributed by atoms with E-state index in [1.165, 1.54) is 0 Å². The van der Waals surface area contributed by atoms with Crippen LogP contribution in [0.2, 0.25) is 0 Å². The Bertz CT molecular complexity index is 843. The van der Waals surface area contributed by atoms with Crippen LogP contribution in [0.4, 0.5) is 0 Å². The number of hydrogen-bond donors (Lipinski definition) is 0. The fourth-order valence-corrected chi connectivity index (χ4v) is 4.34. The summed E-state index contributed by atoms with van der Waals surface area (Å²) in [5.41, 5.74) is 1.18. The van der Waals surface area contributed by atoms with Crippen LogP contribution < -0.4 is 9.47 Å². The van der Waals surface area contributed by atoms with Gasteiger partial charge in [0.25, 0.3) is 5.91 Å². The van der Waals surface area contributed by atoms with Crippen LogP contribution in [0, 0.1) is 5.92 Å². The van der Waals surface area contributed by atoms with Crippen molar-refractivity contribution in [2.75, 3.05) is 26.6 Å². The third kappa shape index (κ3) is 3.06. The second kappa shape index (κ2) is 6.88. The average molecular weight is 370 g/mol. The summed E-state index contributed by atoms with van der Waals surface area (Å²) in [7, 11) is 0. The number of carbonyl (C=O) groups excluding carboxylic acids is 1. The maximum atomic E-state index is 13.1. The highest BCUT2D eigenvalue weighted by Gasteiger charge is 2.36. The zero-order valence-corrected chi connectivity index (χ0v) is 15.1. The van der Waals surface area contributed by atoms with Gasteiger partial charge in [0.1, 0.15) is 0 Å². The molecule has 1 unspecified atom stereocenters. The molecule has 142 valence electrons. The molecule has 0 spiro atoms. The van der Waals surface area contributed by atoms with E-state index >= 15 is 0 Å². The Kier molecular flexibility index (Phi) is 4.24. The molecule has 0 saturated carbocycles. The van der Waals surface area contributed by atoms with Gasteiger partial charge < -0.3 is 23.6 Å². The summed E-state index contributed by atoms with van der Waals surface area (Å²) in [6, 6.07) is 7.57. The Hall–Kier alpha value is -2.54. The van der Waals surface area contributed by atoms with Gasteiger partial charge in [-0.15, -0.1) is 0 Å². The first-order valence-corrected chi connectivity index (χ1v) is 9.55. The maximum Gasteiger partial charge on any atom is 0.276 e. The van der Waals surface area contributed by atoms with Gasteiger partial charge in [-0.05, 0) is 49.8 Å². The van der Waals surface area contributed by atoms with Gasteiger partial charge in [-0.25, -0.2) is 0 Å². The molecule has 3 aliphatic rings. The van der Waals surface area contributed by atoms with E-state index in [2.05, 4.69) is 5.16 Å².